The number of aldehydes is 1. The van der Waals surface area contributed by atoms with E-state index in [1.165, 1.54) is 0 Å². The average Bonchev–Trinajstić information content (AvgIpc) is 2.26. The van der Waals surface area contributed by atoms with E-state index in [2.05, 4.69) is 5.32 Å². The molecular weight excluding hydrogens is 218 g/mol. The quantitative estimate of drug-likeness (QED) is 0.814. The first kappa shape index (κ1) is 13.4. The number of amides is 1. The molecule has 1 amide bonds. The van der Waals surface area contributed by atoms with Crippen LogP contribution in [0.15, 0.2) is 24.3 Å². The molecule has 0 saturated heterocycles. The van der Waals surface area contributed by atoms with Crippen molar-refractivity contribution in [3.05, 3.63) is 29.8 Å². The Balaban J connectivity index is 2.53. The fourth-order valence-corrected chi connectivity index (χ4v) is 1.17. The van der Waals surface area contributed by atoms with E-state index in [0.29, 0.717) is 11.3 Å². The zero-order valence-electron chi connectivity index (χ0n) is 10.3. The number of nitrogens with one attached hydrogen (secondary N) is 1. The van der Waals surface area contributed by atoms with Gasteiger partial charge in [-0.3, -0.25) is 9.59 Å². The summed E-state index contributed by atoms with van der Waals surface area (Å²) in [5, 5.41) is 2.67. The molecule has 0 heterocycles. The summed E-state index contributed by atoms with van der Waals surface area (Å²) in [4.78, 5) is 22.1. The van der Waals surface area contributed by atoms with Crippen molar-refractivity contribution in [2.45, 2.75) is 26.4 Å². The van der Waals surface area contributed by atoms with E-state index in [9.17, 15) is 9.59 Å². The SMILES string of the molecule is CC(C)(C)OCC(=O)Nc1cccc(C=O)c1. The van der Waals surface area contributed by atoms with Crippen LogP contribution in [0.1, 0.15) is 31.1 Å². The summed E-state index contributed by atoms with van der Waals surface area (Å²) in [6.07, 6.45) is 0.737. The summed E-state index contributed by atoms with van der Waals surface area (Å²) in [5.41, 5.74) is 0.777. The van der Waals surface area contributed by atoms with Crippen molar-refractivity contribution < 1.29 is 14.3 Å². The molecule has 1 aromatic rings. The summed E-state index contributed by atoms with van der Waals surface area (Å²) in [5.74, 6) is -0.233. The van der Waals surface area contributed by atoms with E-state index in [0.717, 1.165) is 6.29 Å². The minimum absolute atomic E-state index is 0.00514. The van der Waals surface area contributed by atoms with E-state index in [-0.39, 0.29) is 18.1 Å². The van der Waals surface area contributed by atoms with Crippen LogP contribution in [0.3, 0.4) is 0 Å². The normalized spacial score (nSPS) is 11.0. The highest BCUT2D eigenvalue weighted by molar-refractivity contribution is 5.92. The second-order valence-corrected chi connectivity index (χ2v) is 4.69. The molecule has 0 unspecified atom stereocenters. The van der Waals surface area contributed by atoms with Gasteiger partial charge in [-0.25, -0.2) is 0 Å². The Bertz CT molecular complexity index is 407. The topological polar surface area (TPSA) is 55.4 Å². The van der Waals surface area contributed by atoms with Gasteiger partial charge in [-0.05, 0) is 32.9 Å². The van der Waals surface area contributed by atoms with Gasteiger partial charge in [0.2, 0.25) is 5.91 Å². The van der Waals surface area contributed by atoms with Crippen LogP contribution in [-0.2, 0) is 9.53 Å². The van der Waals surface area contributed by atoms with Crippen molar-refractivity contribution >= 4 is 17.9 Å². The lowest BCUT2D eigenvalue weighted by Gasteiger charge is -2.19. The van der Waals surface area contributed by atoms with Gasteiger partial charge >= 0.3 is 0 Å². The standard InChI is InChI=1S/C13H17NO3/c1-13(2,3)17-9-12(16)14-11-6-4-5-10(7-11)8-15/h4-8H,9H2,1-3H3,(H,14,16). The lowest BCUT2D eigenvalue weighted by Crippen LogP contribution is -2.27. The maximum Gasteiger partial charge on any atom is 0.250 e. The first-order chi connectivity index (χ1) is 7.90. The third-order valence-corrected chi connectivity index (χ3v) is 1.94. The molecule has 0 aromatic heterocycles. The van der Waals surface area contributed by atoms with Crippen LogP contribution in [0.4, 0.5) is 5.69 Å². The van der Waals surface area contributed by atoms with Crippen molar-refractivity contribution in [2.24, 2.45) is 0 Å². The smallest absolute Gasteiger partial charge is 0.250 e. The molecule has 4 heteroatoms. The van der Waals surface area contributed by atoms with E-state index in [1.54, 1.807) is 24.3 Å². The molecule has 0 aliphatic carbocycles. The van der Waals surface area contributed by atoms with E-state index in [1.807, 2.05) is 20.8 Å². The number of rotatable bonds is 4. The van der Waals surface area contributed by atoms with E-state index >= 15 is 0 Å². The zero-order valence-corrected chi connectivity index (χ0v) is 10.3. The van der Waals surface area contributed by atoms with Gasteiger partial charge in [0.15, 0.2) is 0 Å². The maximum atomic E-state index is 11.5. The number of carbonyl (C=O) groups is 2. The number of benzene rings is 1. The van der Waals surface area contributed by atoms with Gasteiger partial charge in [0.25, 0.3) is 0 Å². The highest BCUT2D eigenvalue weighted by Gasteiger charge is 2.12. The first-order valence-corrected chi connectivity index (χ1v) is 5.40. The van der Waals surface area contributed by atoms with Crippen LogP contribution in [0.2, 0.25) is 0 Å². The second kappa shape index (κ2) is 5.59. The van der Waals surface area contributed by atoms with Crippen LogP contribution in [0.25, 0.3) is 0 Å². The third-order valence-electron chi connectivity index (χ3n) is 1.94. The number of ether oxygens (including phenoxy) is 1. The molecule has 0 saturated carbocycles. The van der Waals surface area contributed by atoms with Crippen molar-refractivity contribution in [1.82, 2.24) is 0 Å². The Morgan fingerprint density at radius 2 is 2.12 bits per heavy atom. The molecule has 0 aliphatic rings. The summed E-state index contributed by atoms with van der Waals surface area (Å²) in [7, 11) is 0. The van der Waals surface area contributed by atoms with Gasteiger partial charge in [0.1, 0.15) is 12.9 Å². The van der Waals surface area contributed by atoms with Crippen molar-refractivity contribution in [2.75, 3.05) is 11.9 Å². The molecule has 4 nitrogen and oxygen atoms in total. The highest BCUT2D eigenvalue weighted by atomic mass is 16.5. The summed E-state index contributed by atoms with van der Waals surface area (Å²) in [6.45, 7) is 5.64. The third kappa shape index (κ3) is 5.26. The fourth-order valence-electron chi connectivity index (χ4n) is 1.17. The van der Waals surface area contributed by atoms with Gasteiger partial charge in [0.05, 0.1) is 5.60 Å². The second-order valence-electron chi connectivity index (χ2n) is 4.69. The van der Waals surface area contributed by atoms with Crippen LogP contribution in [0, 0.1) is 0 Å². The van der Waals surface area contributed by atoms with E-state index in [4.69, 9.17) is 4.74 Å². The molecule has 1 rings (SSSR count). The minimum atomic E-state index is -0.345. The number of hydrogen-bond acceptors (Lipinski definition) is 3. The Morgan fingerprint density at radius 1 is 1.41 bits per heavy atom. The Labute approximate surface area is 101 Å². The van der Waals surface area contributed by atoms with Crippen LogP contribution in [-0.4, -0.2) is 24.4 Å². The molecule has 0 fully saturated rings. The molecule has 1 N–H and O–H groups in total. The van der Waals surface area contributed by atoms with E-state index < -0.39 is 0 Å². The summed E-state index contributed by atoms with van der Waals surface area (Å²) in [6, 6.07) is 6.72. The fraction of sp³-hybridized carbons (Fsp3) is 0.385. The van der Waals surface area contributed by atoms with Crippen molar-refractivity contribution in [3.63, 3.8) is 0 Å². The van der Waals surface area contributed by atoms with Crippen molar-refractivity contribution in [3.8, 4) is 0 Å². The monoisotopic (exact) mass is 235 g/mol. The Kier molecular flexibility index (Phi) is 4.40. The maximum absolute atomic E-state index is 11.5. The Hall–Kier alpha value is -1.68. The number of hydrogen-bond donors (Lipinski definition) is 1. The van der Waals surface area contributed by atoms with Crippen LogP contribution in [0.5, 0.6) is 0 Å². The molecule has 17 heavy (non-hydrogen) atoms. The first-order valence-electron chi connectivity index (χ1n) is 5.40. The minimum Gasteiger partial charge on any atom is -0.366 e. The molecule has 1 aromatic carbocycles. The van der Waals surface area contributed by atoms with Gasteiger partial charge in [-0.1, -0.05) is 12.1 Å². The predicted molar refractivity (Wildman–Crippen MR) is 66.2 cm³/mol. The summed E-state index contributed by atoms with van der Waals surface area (Å²) >= 11 is 0. The largest absolute Gasteiger partial charge is 0.366 e. The van der Waals surface area contributed by atoms with Gasteiger partial charge in [-0.2, -0.15) is 0 Å². The van der Waals surface area contributed by atoms with Crippen molar-refractivity contribution in [1.29, 1.82) is 0 Å². The molecule has 0 atom stereocenters. The lowest BCUT2D eigenvalue weighted by molar-refractivity contribution is -0.125. The number of anilines is 1. The van der Waals surface area contributed by atoms with Crippen LogP contribution >= 0.6 is 0 Å². The molecular formula is C13H17NO3. The molecule has 92 valence electrons. The average molecular weight is 235 g/mol. The lowest BCUT2D eigenvalue weighted by atomic mass is 10.2. The molecule has 0 bridgehead atoms. The predicted octanol–water partition coefficient (Wildman–Crippen LogP) is 2.25. The summed E-state index contributed by atoms with van der Waals surface area (Å²) < 4.78 is 5.34. The number of carbonyl (C=O) groups excluding carboxylic acids is 2. The molecule has 0 radical (unpaired) electrons. The highest BCUT2D eigenvalue weighted by Crippen LogP contribution is 2.10. The Morgan fingerprint density at radius 3 is 2.71 bits per heavy atom. The molecule has 0 spiro atoms. The van der Waals surface area contributed by atoms with Crippen LogP contribution < -0.4 is 5.32 Å². The molecule has 0 aliphatic heterocycles. The van der Waals surface area contributed by atoms with Gasteiger partial charge < -0.3 is 10.1 Å². The van der Waals surface area contributed by atoms with Gasteiger partial charge in [0, 0.05) is 11.3 Å². The van der Waals surface area contributed by atoms with Gasteiger partial charge in [-0.15, -0.1) is 0 Å². The zero-order chi connectivity index (χ0) is 12.9.